The van der Waals surface area contributed by atoms with E-state index < -0.39 is 17.6 Å². The third-order valence-corrected chi connectivity index (χ3v) is 4.05. The molecule has 2 aromatic rings. The Hall–Kier alpha value is -2.64. The van der Waals surface area contributed by atoms with Crippen molar-refractivity contribution in [3.05, 3.63) is 35.3 Å². The second kappa shape index (κ2) is 6.02. The molecule has 134 valence electrons. The fourth-order valence-electron chi connectivity index (χ4n) is 2.82. The predicted octanol–water partition coefficient (Wildman–Crippen LogP) is 1.85. The molecule has 0 saturated heterocycles. The lowest BCUT2D eigenvalue weighted by atomic mass is 10.1. The number of aryl methyl sites for hydroxylation is 2. The van der Waals surface area contributed by atoms with Crippen LogP contribution in [0.3, 0.4) is 0 Å². The van der Waals surface area contributed by atoms with Crippen LogP contribution in [0.2, 0.25) is 0 Å². The van der Waals surface area contributed by atoms with E-state index in [4.69, 9.17) is 9.15 Å². The van der Waals surface area contributed by atoms with E-state index in [0.717, 1.165) is 5.56 Å². The Morgan fingerprint density at radius 3 is 2.60 bits per heavy atom. The maximum Gasteiger partial charge on any atom is 0.331 e. The Bertz CT molecular complexity index is 815. The van der Waals surface area contributed by atoms with Crippen LogP contribution in [-0.2, 0) is 22.6 Å². The van der Waals surface area contributed by atoms with Crippen LogP contribution < -0.4 is 0 Å². The van der Waals surface area contributed by atoms with Crippen molar-refractivity contribution in [2.24, 2.45) is 0 Å². The van der Waals surface area contributed by atoms with Crippen LogP contribution in [0, 0.1) is 13.8 Å². The van der Waals surface area contributed by atoms with Gasteiger partial charge in [-0.2, -0.15) is 0 Å². The molecule has 3 rings (SSSR count). The van der Waals surface area contributed by atoms with Crippen molar-refractivity contribution >= 4 is 11.9 Å². The number of nitrogens with zero attached hydrogens (tertiary/aromatic N) is 4. The Labute approximate surface area is 145 Å². The molecule has 0 fully saturated rings. The van der Waals surface area contributed by atoms with Gasteiger partial charge in [0, 0.05) is 5.56 Å². The molecule has 8 heteroatoms. The molecule has 8 nitrogen and oxygen atoms in total. The molecule has 25 heavy (non-hydrogen) atoms. The van der Waals surface area contributed by atoms with Crippen LogP contribution in [0.4, 0.5) is 0 Å². The van der Waals surface area contributed by atoms with Gasteiger partial charge in [0.25, 0.3) is 5.91 Å². The van der Waals surface area contributed by atoms with Crippen LogP contribution in [0.25, 0.3) is 0 Å². The first-order valence-electron chi connectivity index (χ1n) is 8.14. The number of rotatable bonds is 2. The van der Waals surface area contributed by atoms with Gasteiger partial charge in [0.05, 0.1) is 19.4 Å². The smallest absolute Gasteiger partial charge is 0.331 e. The average molecular weight is 346 g/mol. The van der Waals surface area contributed by atoms with Gasteiger partial charge in [-0.3, -0.25) is 4.79 Å². The number of furan rings is 1. The van der Waals surface area contributed by atoms with Crippen molar-refractivity contribution in [2.75, 3.05) is 0 Å². The van der Waals surface area contributed by atoms with Gasteiger partial charge < -0.3 is 18.6 Å². The molecule has 0 aliphatic carbocycles. The van der Waals surface area contributed by atoms with Gasteiger partial charge in [0.1, 0.15) is 17.5 Å². The first-order chi connectivity index (χ1) is 11.7. The monoisotopic (exact) mass is 346 g/mol. The lowest BCUT2D eigenvalue weighted by Crippen LogP contribution is -2.52. The zero-order valence-corrected chi connectivity index (χ0v) is 15.1. The molecule has 1 amide bonds. The van der Waals surface area contributed by atoms with Gasteiger partial charge in [-0.15, -0.1) is 10.2 Å². The summed E-state index contributed by atoms with van der Waals surface area (Å²) in [6, 6.07) is 0.949. The summed E-state index contributed by atoms with van der Waals surface area (Å²) in [7, 11) is 0. The Morgan fingerprint density at radius 1 is 1.28 bits per heavy atom. The second-order valence-corrected chi connectivity index (χ2v) is 7.19. The lowest BCUT2D eigenvalue weighted by molar-refractivity contribution is -0.162. The van der Waals surface area contributed by atoms with Crippen molar-refractivity contribution in [1.82, 2.24) is 19.7 Å². The van der Waals surface area contributed by atoms with Crippen molar-refractivity contribution in [2.45, 2.75) is 59.4 Å². The molecule has 1 aliphatic rings. The number of fused-ring (bicyclic) bond motifs is 1. The number of aromatic nitrogens is 3. The van der Waals surface area contributed by atoms with E-state index >= 15 is 0 Å². The summed E-state index contributed by atoms with van der Waals surface area (Å²) in [5.41, 5.74) is 0.0747. The van der Waals surface area contributed by atoms with Gasteiger partial charge >= 0.3 is 5.97 Å². The van der Waals surface area contributed by atoms with E-state index in [1.165, 1.54) is 11.2 Å². The zero-order chi connectivity index (χ0) is 18.4. The molecular weight excluding hydrogens is 324 g/mol. The Balaban J connectivity index is 1.96. The molecule has 0 N–H and O–H groups in total. The molecule has 0 unspecified atom stereocenters. The summed E-state index contributed by atoms with van der Waals surface area (Å²) in [6.45, 7) is 9.43. The number of esters is 1. The molecule has 3 heterocycles. The number of carbonyl (C=O) groups excluding carboxylic acids is 2. The number of hydrogen-bond acceptors (Lipinski definition) is 6. The quantitative estimate of drug-likeness (QED) is 0.771. The number of carbonyl (C=O) groups is 2. The first kappa shape index (κ1) is 17.2. The zero-order valence-electron chi connectivity index (χ0n) is 15.1. The molecule has 2 aromatic heterocycles. The molecule has 0 radical (unpaired) electrons. The van der Waals surface area contributed by atoms with Crippen LogP contribution in [0.5, 0.6) is 0 Å². The SMILES string of the molecule is Cc1ccoc1C(=O)N1Cc2nnc(C)n2C[C@H]1C(=O)OC(C)(C)C. The van der Waals surface area contributed by atoms with Crippen molar-refractivity contribution in [3.63, 3.8) is 0 Å². The summed E-state index contributed by atoms with van der Waals surface area (Å²) in [6.07, 6.45) is 1.46. The molecule has 1 atom stereocenters. The molecule has 0 saturated carbocycles. The summed E-state index contributed by atoms with van der Waals surface area (Å²) in [4.78, 5) is 27.1. The highest BCUT2D eigenvalue weighted by atomic mass is 16.6. The largest absolute Gasteiger partial charge is 0.459 e. The summed E-state index contributed by atoms with van der Waals surface area (Å²) >= 11 is 0. The molecule has 0 bridgehead atoms. The summed E-state index contributed by atoms with van der Waals surface area (Å²) in [5.74, 6) is 0.743. The van der Waals surface area contributed by atoms with Gasteiger partial charge in [-0.1, -0.05) is 0 Å². The number of ether oxygens (including phenoxy) is 1. The minimum Gasteiger partial charge on any atom is -0.459 e. The first-order valence-corrected chi connectivity index (χ1v) is 8.14. The van der Waals surface area contributed by atoms with Crippen LogP contribution in [-0.4, -0.2) is 43.2 Å². The fraction of sp³-hybridized carbons (Fsp3) is 0.529. The normalized spacial score (nSPS) is 17.3. The van der Waals surface area contributed by atoms with E-state index in [-0.39, 0.29) is 24.8 Å². The molecule has 1 aliphatic heterocycles. The second-order valence-electron chi connectivity index (χ2n) is 7.19. The predicted molar refractivity (Wildman–Crippen MR) is 87.7 cm³/mol. The Kier molecular flexibility index (Phi) is 4.14. The highest BCUT2D eigenvalue weighted by molar-refractivity contribution is 5.95. The van der Waals surface area contributed by atoms with Gasteiger partial charge in [0.15, 0.2) is 11.6 Å². The van der Waals surface area contributed by atoms with E-state index in [1.807, 2.05) is 11.5 Å². The third kappa shape index (κ3) is 3.29. The minimum atomic E-state index is -0.765. The van der Waals surface area contributed by atoms with Crippen LogP contribution in [0.1, 0.15) is 48.5 Å². The molecule has 0 aromatic carbocycles. The van der Waals surface area contributed by atoms with E-state index in [9.17, 15) is 9.59 Å². The van der Waals surface area contributed by atoms with Crippen molar-refractivity contribution < 1.29 is 18.7 Å². The number of amides is 1. The Morgan fingerprint density at radius 2 is 2.00 bits per heavy atom. The summed E-state index contributed by atoms with van der Waals surface area (Å²) < 4.78 is 12.7. The third-order valence-electron chi connectivity index (χ3n) is 4.05. The molecule has 0 spiro atoms. The maximum absolute atomic E-state index is 12.9. The topological polar surface area (TPSA) is 90.5 Å². The fourth-order valence-corrected chi connectivity index (χ4v) is 2.82. The van der Waals surface area contributed by atoms with Crippen molar-refractivity contribution in [1.29, 1.82) is 0 Å². The lowest BCUT2D eigenvalue weighted by Gasteiger charge is -2.35. The highest BCUT2D eigenvalue weighted by Gasteiger charge is 2.40. The van der Waals surface area contributed by atoms with Crippen LogP contribution in [0.15, 0.2) is 16.7 Å². The van der Waals surface area contributed by atoms with E-state index in [0.29, 0.717) is 11.6 Å². The van der Waals surface area contributed by atoms with E-state index in [1.54, 1.807) is 33.8 Å². The van der Waals surface area contributed by atoms with Gasteiger partial charge in [-0.25, -0.2) is 4.79 Å². The maximum atomic E-state index is 12.9. The minimum absolute atomic E-state index is 0.170. The average Bonchev–Trinajstić information content (AvgIpc) is 3.10. The highest BCUT2D eigenvalue weighted by Crippen LogP contribution is 2.24. The van der Waals surface area contributed by atoms with Gasteiger partial charge in [0.2, 0.25) is 0 Å². The number of hydrogen-bond donors (Lipinski definition) is 0. The standard InChI is InChI=1S/C17H22N4O4/c1-10-6-7-24-14(10)15(22)21-9-13-19-18-11(2)20(13)8-12(21)16(23)25-17(3,4)5/h6-7,12H,8-9H2,1-5H3/t12-/m0/s1. The molecular formula is C17H22N4O4. The summed E-state index contributed by atoms with van der Waals surface area (Å²) in [5, 5.41) is 8.14. The van der Waals surface area contributed by atoms with Gasteiger partial charge in [-0.05, 0) is 40.7 Å². The van der Waals surface area contributed by atoms with Crippen LogP contribution >= 0.6 is 0 Å². The van der Waals surface area contributed by atoms with E-state index in [2.05, 4.69) is 10.2 Å². The van der Waals surface area contributed by atoms with Crippen molar-refractivity contribution in [3.8, 4) is 0 Å².